The largest absolute Gasteiger partial charge is 0.497 e. The molecule has 1 aliphatic rings. The molecular weight excluding hydrogens is 242 g/mol. The molecule has 4 heteroatoms. The second-order valence-corrected chi connectivity index (χ2v) is 4.44. The van der Waals surface area contributed by atoms with E-state index in [2.05, 4.69) is 5.32 Å². The third kappa shape index (κ3) is 1.69. The van der Waals surface area contributed by atoms with E-state index >= 15 is 0 Å². The van der Waals surface area contributed by atoms with Crippen LogP contribution in [0.5, 0.6) is 5.75 Å². The van der Waals surface area contributed by atoms with E-state index in [1.807, 2.05) is 0 Å². The monoisotopic (exact) mass is 255 g/mol. The van der Waals surface area contributed by atoms with E-state index in [9.17, 15) is 9.90 Å². The normalized spacial score (nSPS) is 20.8. The van der Waals surface area contributed by atoms with Crippen molar-refractivity contribution in [2.75, 3.05) is 7.11 Å². The molecule has 2 aromatic carbocycles. The summed E-state index contributed by atoms with van der Waals surface area (Å²) in [4.78, 5) is 11.9. The Bertz CT molecular complexity index is 636. The van der Waals surface area contributed by atoms with Crippen molar-refractivity contribution in [2.24, 2.45) is 0 Å². The van der Waals surface area contributed by atoms with Gasteiger partial charge in [-0.15, -0.1) is 0 Å². The summed E-state index contributed by atoms with van der Waals surface area (Å²) in [7, 11) is 1.58. The summed E-state index contributed by atoms with van der Waals surface area (Å²) in [5.74, 6) is 0.430. The zero-order valence-corrected chi connectivity index (χ0v) is 10.4. The number of benzene rings is 2. The zero-order valence-electron chi connectivity index (χ0n) is 10.4. The maximum atomic E-state index is 11.9. The van der Waals surface area contributed by atoms with Crippen LogP contribution < -0.4 is 10.1 Å². The summed E-state index contributed by atoms with van der Waals surface area (Å²) in [5.41, 5.74) is 0.206. The van der Waals surface area contributed by atoms with E-state index < -0.39 is 5.72 Å². The van der Waals surface area contributed by atoms with Crippen LogP contribution in [0.3, 0.4) is 0 Å². The maximum Gasteiger partial charge on any atom is 0.254 e. The smallest absolute Gasteiger partial charge is 0.254 e. The quantitative estimate of drug-likeness (QED) is 0.857. The van der Waals surface area contributed by atoms with Gasteiger partial charge in [0.15, 0.2) is 5.72 Å². The third-order valence-corrected chi connectivity index (χ3v) is 3.36. The Kier molecular flexibility index (Phi) is 2.54. The molecule has 4 nitrogen and oxygen atoms in total. The van der Waals surface area contributed by atoms with Gasteiger partial charge in [-0.2, -0.15) is 0 Å². The van der Waals surface area contributed by atoms with Gasteiger partial charge in [0.2, 0.25) is 0 Å². The van der Waals surface area contributed by atoms with Crippen molar-refractivity contribution in [3.8, 4) is 5.75 Å². The van der Waals surface area contributed by atoms with Crippen molar-refractivity contribution < 1.29 is 14.6 Å². The van der Waals surface area contributed by atoms with Crippen molar-refractivity contribution in [3.63, 3.8) is 0 Å². The minimum atomic E-state index is -1.47. The number of aliphatic hydroxyl groups is 1. The van der Waals surface area contributed by atoms with Crippen LogP contribution in [-0.2, 0) is 5.72 Å². The van der Waals surface area contributed by atoms with Gasteiger partial charge in [0.05, 0.1) is 7.11 Å². The molecule has 1 heterocycles. The van der Waals surface area contributed by atoms with E-state index in [-0.39, 0.29) is 5.91 Å². The van der Waals surface area contributed by atoms with Crippen LogP contribution >= 0.6 is 0 Å². The average molecular weight is 255 g/mol. The first kappa shape index (κ1) is 11.7. The molecule has 1 amide bonds. The molecule has 2 aromatic rings. The lowest BCUT2D eigenvalue weighted by molar-refractivity contribution is 0.0476. The molecule has 0 fully saturated rings. The van der Waals surface area contributed by atoms with Gasteiger partial charge in [-0.3, -0.25) is 4.79 Å². The molecule has 0 unspecified atom stereocenters. The number of nitrogens with one attached hydrogen (secondary N) is 1. The fraction of sp³-hybridized carbons (Fsp3) is 0.133. The summed E-state index contributed by atoms with van der Waals surface area (Å²) in [6.45, 7) is 0. The van der Waals surface area contributed by atoms with E-state index in [0.717, 1.165) is 0 Å². The first-order valence-electron chi connectivity index (χ1n) is 5.94. The van der Waals surface area contributed by atoms with Crippen molar-refractivity contribution in [3.05, 3.63) is 65.2 Å². The standard InChI is InChI=1S/C15H13NO3/c1-19-11-8-6-10(7-9-11)15(18)13-5-3-2-4-12(13)14(17)16-15/h2-9,18H,1H3,(H,16,17)/t15-/m0/s1. The zero-order chi connectivity index (χ0) is 13.5. The number of rotatable bonds is 2. The van der Waals surface area contributed by atoms with E-state index in [1.54, 1.807) is 55.6 Å². The van der Waals surface area contributed by atoms with Gasteiger partial charge in [-0.25, -0.2) is 0 Å². The highest BCUT2D eigenvalue weighted by molar-refractivity contribution is 6.00. The van der Waals surface area contributed by atoms with Crippen molar-refractivity contribution in [1.82, 2.24) is 5.32 Å². The Balaban J connectivity index is 2.11. The second-order valence-electron chi connectivity index (χ2n) is 4.44. The van der Waals surface area contributed by atoms with Gasteiger partial charge in [0, 0.05) is 16.7 Å². The van der Waals surface area contributed by atoms with Gasteiger partial charge in [-0.1, -0.05) is 30.3 Å². The Morgan fingerprint density at radius 2 is 1.79 bits per heavy atom. The Labute approximate surface area is 110 Å². The summed E-state index contributed by atoms with van der Waals surface area (Å²) < 4.78 is 5.09. The van der Waals surface area contributed by atoms with Crippen LogP contribution in [0.1, 0.15) is 21.5 Å². The first-order chi connectivity index (χ1) is 9.15. The van der Waals surface area contributed by atoms with E-state index in [1.165, 1.54) is 0 Å². The lowest BCUT2D eigenvalue weighted by Gasteiger charge is -2.24. The van der Waals surface area contributed by atoms with Gasteiger partial charge in [0.1, 0.15) is 5.75 Å². The molecule has 0 aromatic heterocycles. The number of ether oxygens (including phenoxy) is 1. The average Bonchev–Trinajstić information content (AvgIpc) is 2.72. The fourth-order valence-corrected chi connectivity index (χ4v) is 2.36. The molecule has 2 N–H and O–H groups in total. The number of hydrogen-bond donors (Lipinski definition) is 2. The highest BCUT2D eigenvalue weighted by Gasteiger charge is 2.42. The molecule has 1 atom stereocenters. The molecule has 0 bridgehead atoms. The summed E-state index contributed by atoms with van der Waals surface area (Å²) in [5, 5.41) is 13.4. The van der Waals surface area contributed by atoms with Crippen molar-refractivity contribution in [2.45, 2.75) is 5.72 Å². The predicted octanol–water partition coefficient (Wildman–Crippen LogP) is 1.63. The minimum Gasteiger partial charge on any atom is -0.497 e. The molecule has 96 valence electrons. The Morgan fingerprint density at radius 3 is 2.47 bits per heavy atom. The molecule has 0 radical (unpaired) electrons. The van der Waals surface area contributed by atoms with Gasteiger partial charge in [0.25, 0.3) is 5.91 Å². The molecule has 0 aliphatic carbocycles. The van der Waals surface area contributed by atoms with Crippen molar-refractivity contribution in [1.29, 1.82) is 0 Å². The molecule has 0 saturated carbocycles. The molecule has 19 heavy (non-hydrogen) atoms. The predicted molar refractivity (Wildman–Crippen MR) is 69.9 cm³/mol. The van der Waals surface area contributed by atoms with Crippen LogP contribution in [0.2, 0.25) is 0 Å². The molecular formula is C15H13NO3. The number of fused-ring (bicyclic) bond motifs is 1. The lowest BCUT2D eigenvalue weighted by atomic mass is 9.94. The Morgan fingerprint density at radius 1 is 1.11 bits per heavy atom. The lowest BCUT2D eigenvalue weighted by Crippen LogP contribution is -2.40. The number of amides is 1. The van der Waals surface area contributed by atoms with Gasteiger partial charge < -0.3 is 15.2 Å². The number of hydrogen-bond acceptors (Lipinski definition) is 3. The van der Waals surface area contributed by atoms with Crippen molar-refractivity contribution >= 4 is 5.91 Å². The molecule has 0 spiro atoms. The summed E-state index contributed by atoms with van der Waals surface area (Å²) in [6.07, 6.45) is 0. The van der Waals surface area contributed by atoms with E-state index in [0.29, 0.717) is 22.4 Å². The molecule has 1 aliphatic heterocycles. The van der Waals surface area contributed by atoms with Crippen LogP contribution in [0.4, 0.5) is 0 Å². The third-order valence-electron chi connectivity index (χ3n) is 3.36. The number of carbonyl (C=O) groups is 1. The highest BCUT2D eigenvalue weighted by Crippen LogP contribution is 2.35. The van der Waals surface area contributed by atoms with Crippen LogP contribution in [0.15, 0.2) is 48.5 Å². The second kappa shape index (κ2) is 4.10. The summed E-state index contributed by atoms with van der Waals surface area (Å²) >= 11 is 0. The van der Waals surface area contributed by atoms with Crippen LogP contribution in [-0.4, -0.2) is 18.1 Å². The SMILES string of the molecule is COc1ccc([C@@]2(O)NC(=O)c3ccccc32)cc1. The topological polar surface area (TPSA) is 58.6 Å². The fourth-order valence-electron chi connectivity index (χ4n) is 2.36. The van der Waals surface area contributed by atoms with Crippen LogP contribution in [0, 0.1) is 0 Å². The first-order valence-corrected chi connectivity index (χ1v) is 5.94. The van der Waals surface area contributed by atoms with Gasteiger partial charge >= 0.3 is 0 Å². The highest BCUT2D eigenvalue weighted by atomic mass is 16.5. The Hall–Kier alpha value is -2.33. The molecule has 0 saturated heterocycles. The molecule has 3 rings (SSSR count). The number of carbonyl (C=O) groups excluding carboxylic acids is 1. The maximum absolute atomic E-state index is 11.9. The minimum absolute atomic E-state index is 0.270. The number of methoxy groups -OCH3 is 1. The van der Waals surface area contributed by atoms with Gasteiger partial charge in [-0.05, 0) is 18.2 Å². The van der Waals surface area contributed by atoms with Crippen LogP contribution in [0.25, 0.3) is 0 Å². The summed E-state index contributed by atoms with van der Waals surface area (Å²) in [6, 6.07) is 14.0. The van der Waals surface area contributed by atoms with E-state index in [4.69, 9.17) is 4.74 Å².